The summed E-state index contributed by atoms with van der Waals surface area (Å²) in [6, 6.07) is 3.64. The summed E-state index contributed by atoms with van der Waals surface area (Å²) in [4.78, 5) is 23.5. The summed E-state index contributed by atoms with van der Waals surface area (Å²) in [6.07, 6.45) is -0.723. The molecule has 21 heavy (non-hydrogen) atoms. The van der Waals surface area contributed by atoms with Crippen LogP contribution >= 0.6 is 0 Å². The number of non-ortho nitro benzene ring substituents is 1. The van der Waals surface area contributed by atoms with Crippen molar-refractivity contribution < 1.29 is 18.5 Å². The van der Waals surface area contributed by atoms with Crippen LogP contribution in [-0.4, -0.2) is 29.8 Å². The first-order valence-corrected chi connectivity index (χ1v) is 6.26. The molecule has 1 aliphatic heterocycles. The Morgan fingerprint density at radius 3 is 2.52 bits per heavy atom. The van der Waals surface area contributed by atoms with E-state index in [4.69, 9.17) is 5.84 Å². The number of piperidine rings is 1. The molecule has 0 aromatic heterocycles. The summed E-state index contributed by atoms with van der Waals surface area (Å²) in [5, 5.41) is 10.8. The number of nitrogens with two attached hydrogens (primary N) is 1. The third-order valence-electron chi connectivity index (χ3n) is 3.40. The number of hydrazine groups is 1. The number of benzene rings is 1. The Kier molecular flexibility index (Phi) is 4.03. The predicted octanol–water partition coefficient (Wildman–Crippen LogP) is 1.43. The Bertz CT molecular complexity index is 570. The van der Waals surface area contributed by atoms with Crippen LogP contribution < -0.4 is 16.2 Å². The van der Waals surface area contributed by atoms with Gasteiger partial charge in [0.15, 0.2) is 0 Å². The maximum atomic E-state index is 13.2. The van der Waals surface area contributed by atoms with Gasteiger partial charge in [0.2, 0.25) is 0 Å². The van der Waals surface area contributed by atoms with Gasteiger partial charge in [0.05, 0.1) is 16.2 Å². The number of amides is 1. The molecule has 0 radical (unpaired) electrons. The SMILES string of the molecule is NNC(=O)c1ccc([N+](=O)[O-])cc1N1CCC(F)(F)CC1. The van der Waals surface area contributed by atoms with Crippen molar-refractivity contribution in [2.24, 2.45) is 5.84 Å². The van der Waals surface area contributed by atoms with Crippen LogP contribution in [0.15, 0.2) is 18.2 Å². The number of nitro groups is 1. The number of nitrogens with zero attached hydrogens (tertiary/aromatic N) is 2. The van der Waals surface area contributed by atoms with Crippen LogP contribution in [0.5, 0.6) is 0 Å². The Morgan fingerprint density at radius 2 is 2.00 bits per heavy atom. The van der Waals surface area contributed by atoms with Crippen LogP contribution in [-0.2, 0) is 0 Å². The summed E-state index contributed by atoms with van der Waals surface area (Å²) < 4.78 is 26.4. The lowest BCUT2D eigenvalue weighted by molar-refractivity contribution is -0.384. The highest BCUT2D eigenvalue weighted by Crippen LogP contribution is 2.33. The molecule has 1 fully saturated rings. The van der Waals surface area contributed by atoms with Gasteiger partial charge in [-0.3, -0.25) is 20.3 Å². The number of nitrogen functional groups attached to an aromatic ring is 1. The Balaban J connectivity index is 2.37. The van der Waals surface area contributed by atoms with Crippen molar-refractivity contribution in [1.82, 2.24) is 5.43 Å². The number of nitrogens with one attached hydrogen (secondary N) is 1. The Morgan fingerprint density at radius 1 is 1.38 bits per heavy atom. The minimum atomic E-state index is -2.74. The second kappa shape index (κ2) is 5.60. The molecule has 0 spiro atoms. The van der Waals surface area contributed by atoms with Crippen molar-refractivity contribution >= 4 is 17.3 Å². The molecule has 0 saturated carbocycles. The lowest BCUT2D eigenvalue weighted by atomic mass is 10.0. The van der Waals surface area contributed by atoms with Gasteiger partial charge in [-0.15, -0.1) is 0 Å². The molecule has 0 bridgehead atoms. The van der Waals surface area contributed by atoms with Gasteiger partial charge in [-0.05, 0) is 6.07 Å². The predicted molar refractivity (Wildman–Crippen MR) is 71.1 cm³/mol. The second-order valence-corrected chi connectivity index (χ2v) is 4.78. The molecule has 9 heteroatoms. The van der Waals surface area contributed by atoms with E-state index in [0.717, 1.165) is 0 Å². The molecule has 3 N–H and O–H groups in total. The fourth-order valence-corrected chi connectivity index (χ4v) is 2.24. The average molecular weight is 300 g/mol. The number of carbonyl (C=O) groups is 1. The highest BCUT2D eigenvalue weighted by Gasteiger charge is 2.35. The number of hydrogen-bond donors (Lipinski definition) is 2. The van der Waals surface area contributed by atoms with Crippen molar-refractivity contribution in [3.63, 3.8) is 0 Å². The van der Waals surface area contributed by atoms with E-state index in [1.54, 1.807) is 0 Å². The molecule has 2 rings (SSSR count). The molecular weight excluding hydrogens is 286 g/mol. The lowest BCUT2D eigenvalue weighted by Crippen LogP contribution is -2.41. The Labute approximate surface area is 118 Å². The number of carbonyl (C=O) groups excluding carboxylic acids is 1. The largest absolute Gasteiger partial charge is 0.370 e. The minimum absolute atomic E-state index is 0.0129. The summed E-state index contributed by atoms with van der Waals surface area (Å²) in [6.45, 7) is 0.0258. The number of anilines is 1. The molecule has 1 aromatic carbocycles. The molecule has 0 aliphatic carbocycles. The highest BCUT2D eigenvalue weighted by molar-refractivity contribution is 6.00. The average Bonchev–Trinajstić information content (AvgIpc) is 2.45. The van der Waals surface area contributed by atoms with Crippen LogP contribution in [0.25, 0.3) is 0 Å². The zero-order valence-electron chi connectivity index (χ0n) is 11.0. The summed E-state index contributed by atoms with van der Waals surface area (Å²) >= 11 is 0. The fourth-order valence-electron chi connectivity index (χ4n) is 2.24. The molecule has 0 unspecified atom stereocenters. The highest BCUT2D eigenvalue weighted by atomic mass is 19.3. The van der Waals surface area contributed by atoms with E-state index in [9.17, 15) is 23.7 Å². The fraction of sp³-hybridized carbons (Fsp3) is 0.417. The van der Waals surface area contributed by atoms with Crippen molar-refractivity contribution in [1.29, 1.82) is 0 Å². The summed E-state index contributed by atoms with van der Waals surface area (Å²) in [5.41, 5.74) is 2.09. The zero-order valence-corrected chi connectivity index (χ0v) is 11.0. The van der Waals surface area contributed by atoms with Gasteiger partial charge in [-0.1, -0.05) is 0 Å². The van der Waals surface area contributed by atoms with Gasteiger partial charge >= 0.3 is 0 Å². The molecule has 1 heterocycles. The van der Waals surface area contributed by atoms with Gasteiger partial charge in [0.1, 0.15) is 0 Å². The van der Waals surface area contributed by atoms with E-state index in [2.05, 4.69) is 0 Å². The van der Waals surface area contributed by atoms with Crippen molar-refractivity contribution in [2.45, 2.75) is 18.8 Å². The minimum Gasteiger partial charge on any atom is -0.370 e. The number of rotatable bonds is 3. The lowest BCUT2D eigenvalue weighted by Gasteiger charge is -2.34. The van der Waals surface area contributed by atoms with Gasteiger partial charge < -0.3 is 4.90 Å². The van der Waals surface area contributed by atoms with Crippen molar-refractivity contribution in [3.05, 3.63) is 33.9 Å². The monoisotopic (exact) mass is 300 g/mol. The standard InChI is InChI=1S/C12H14F2N4O3/c13-12(14)3-5-17(6-4-12)10-7-8(18(20)21)1-2-9(10)11(19)16-15/h1-2,7H,3-6,15H2,(H,16,19). The smallest absolute Gasteiger partial charge is 0.271 e. The molecule has 1 amide bonds. The van der Waals surface area contributed by atoms with Crippen LogP contribution in [0.4, 0.5) is 20.2 Å². The maximum Gasteiger partial charge on any atom is 0.271 e. The maximum absolute atomic E-state index is 13.2. The molecular formula is C12H14F2N4O3. The summed E-state index contributed by atoms with van der Waals surface area (Å²) in [7, 11) is 0. The van der Waals surface area contributed by atoms with Gasteiger partial charge in [0.25, 0.3) is 17.5 Å². The first-order chi connectivity index (χ1) is 9.84. The van der Waals surface area contributed by atoms with E-state index in [1.807, 2.05) is 5.43 Å². The van der Waals surface area contributed by atoms with Crippen molar-refractivity contribution in [3.8, 4) is 0 Å². The van der Waals surface area contributed by atoms with E-state index in [-0.39, 0.29) is 42.9 Å². The molecule has 1 aromatic rings. The van der Waals surface area contributed by atoms with Gasteiger partial charge in [-0.25, -0.2) is 14.6 Å². The number of nitro benzene ring substituents is 1. The molecule has 1 aliphatic rings. The van der Waals surface area contributed by atoms with E-state index in [0.29, 0.717) is 0 Å². The van der Waals surface area contributed by atoms with Crippen LogP contribution in [0, 0.1) is 10.1 Å². The number of alkyl halides is 2. The van der Waals surface area contributed by atoms with Gasteiger partial charge in [0, 0.05) is 38.1 Å². The van der Waals surface area contributed by atoms with Crippen LogP contribution in [0.3, 0.4) is 0 Å². The van der Waals surface area contributed by atoms with E-state index >= 15 is 0 Å². The van der Waals surface area contributed by atoms with Crippen LogP contribution in [0.2, 0.25) is 0 Å². The first-order valence-electron chi connectivity index (χ1n) is 6.26. The van der Waals surface area contributed by atoms with Gasteiger partial charge in [-0.2, -0.15) is 0 Å². The molecule has 7 nitrogen and oxygen atoms in total. The molecule has 0 atom stereocenters. The van der Waals surface area contributed by atoms with Crippen LogP contribution in [0.1, 0.15) is 23.2 Å². The second-order valence-electron chi connectivity index (χ2n) is 4.78. The normalized spacial score (nSPS) is 17.4. The topological polar surface area (TPSA) is 101 Å². The molecule has 1 saturated heterocycles. The third kappa shape index (κ3) is 3.24. The third-order valence-corrected chi connectivity index (χ3v) is 3.40. The number of halogens is 2. The molecule has 114 valence electrons. The van der Waals surface area contributed by atoms with Crippen molar-refractivity contribution in [2.75, 3.05) is 18.0 Å². The van der Waals surface area contributed by atoms with E-state index < -0.39 is 16.8 Å². The number of hydrogen-bond acceptors (Lipinski definition) is 5. The summed E-state index contributed by atoms with van der Waals surface area (Å²) in [5.74, 6) is 1.70. The van der Waals surface area contributed by atoms with E-state index in [1.165, 1.54) is 23.1 Å². The Hall–Kier alpha value is -2.29. The quantitative estimate of drug-likeness (QED) is 0.380. The first kappa shape index (κ1) is 15.1. The zero-order chi connectivity index (χ0) is 15.6.